The maximum absolute atomic E-state index is 13.1. The van der Waals surface area contributed by atoms with Crippen molar-refractivity contribution in [3.05, 3.63) is 70.1 Å². The van der Waals surface area contributed by atoms with E-state index in [9.17, 15) is 9.18 Å². The number of carbonyl (C=O) groups excluding carboxylic acids is 1. The Balaban J connectivity index is 1.74. The van der Waals surface area contributed by atoms with Gasteiger partial charge in [-0.2, -0.15) is 0 Å². The van der Waals surface area contributed by atoms with Crippen LogP contribution in [-0.2, 0) is 11.2 Å². The normalized spacial score (nSPS) is 12.0. The molecular formula is C19H18FN3OS. The smallest absolute Gasteiger partial charge is 0.225 e. The molecule has 4 nitrogen and oxygen atoms in total. The number of hydrogen-bond acceptors (Lipinski definition) is 4. The van der Waals surface area contributed by atoms with E-state index >= 15 is 0 Å². The second kappa shape index (κ2) is 7.53. The van der Waals surface area contributed by atoms with Gasteiger partial charge in [-0.15, -0.1) is 11.3 Å². The summed E-state index contributed by atoms with van der Waals surface area (Å²) < 4.78 is 13.1. The molecule has 0 radical (unpaired) electrons. The van der Waals surface area contributed by atoms with Crippen LogP contribution in [0.2, 0.25) is 0 Å². The lowest BCUT2D eigenvalue weighted by molar-refractivity contribution is -0.121. The predicted octanol–water partition coefficient (Wildman–Crippen LogP) is 4.07. The van der Waals surface area contributed by atoms with Crippen molar-refractivity contribution in [2.75, 3.05) is 0 Å². The number of carbonyl (C=O) groups is 1. The number of nitrogens with zero attached hydrogens (tertiary/aromatic N) is 2. The largest absolute Gasteiger partial charge is 0.348 e. The number of nitrogens with one attached hydrogen (secondary N) is 1. The van der Waals surface area contributed by atoms with Crippen molar-refractivity contribution in [2.45, 2.75) is 26.3 Å². The highest BCUT2D eigenvalue weighted by Gasteiger charge is 2.17. The van der Waals surface area contributed by atoms with Crippen LogP contribution in [0.1, 0.15) is 28.5 Å². The molecule has 0 fully saturated rings. The zero-order valence-electron chi connectivity index (χ0n) is 14.0. The van der Waals surface area contributed by atoms with Crippen LogP contribution in [0.3, 0.4) is 0 Å². The van der Waals surface area contributed by atoms with Crippen LogP contribution in [0.4, 0.5) is 4.39 Å². The number of pyridine rings is 1. The summed E-state index contributed by atoms with van der Waals surface area (Å²) >= 11 is 1.48. The Bertz CT molecular complexity index is 862. The van der Waals surface area contributed by atoms with Crippen molar-refractivity contribution in [2.24, 2.45) is 0 Å². The first kappa shape index (κ1) is 17.2. The average molecular weight is 355 g/mol. The van der Waals surface area contributed by atoms with E-state index in [1.54, 1.807) is 18.3 Å². The van der Waals surface area contributed by atoms with E-state index in [0.717, 1.165) is 26.8 Å². The van der Waals surface area contributed by atoms with Crippen LogP contribution in [0, 0.1) is 12.7 Å². The Morgan fingerprint density at radius 1 is 1.24 bits per heavy atom. The SMILES string of the molecule is Cc1nc(-c2ccc(F)cc2)c(CC(=O)N[C@H](C)c2ccccn2)s1. The Morgan fingerprint density at radius 2 is 2.00 bits per heavy atom. The summed E-state index contributed by atoms with van der Waals surface area (Å²) in [5, 5.41) is 3.83. The van der Waals surface area contributed by atoms with Gasteiger partial charge in [-0.3, -0.25) is 9.78 Å². The summed E-state index contributed by atoms with van der Waals surface area (Å²) in [6.07, 6.45) is 1.94. The molecule has 2 heterocycles. The Kier molecular flexibility index (Phi) is 5.19. The fourth-order valence-corrected chi connectivity index (χ4v) is 3.52. The summed E-state index contributed by atoms with van der Waals surface area (Å²) in [5.74, 6) is -0.385. The number of halogens is 1. The molecule has 1 N–H and O–H groups in total. The van der Waals surface area contributed by atoms with Crippen molar-refractivity contribution in [3.8, 4) is 11.3 Å². The van der Waals surface area contributed by atoms with Crippen LogP contribution < -0.4 is 5.32 Å². The monoisotopic (exact) mass is 355 g/mol. The third-order valence-electron chi connectivity index (χ3n) is 3.75. The molecule has 6 heteroatoms. The van der Waals surface area contributed by atoms with Gasteiger partial charge >= 0.3 is 0 Å². The van der Waals surface area contributed by atoms with Crippen LogP contribution in [0.25, 0.3) is 11.3 Å². The van der Waals surface area contributed by atoms with E-state index < -0.39 is 0 Å². The summed E-state index contributed by atoms with van der Waals surface area (Å²) in [6.45, 7) is 3.80. The lowest BCUT2D eigenvalue weighted by Gasteiger charge is -2.13. The molecule has 128 valence electrons. The minimum Gasteiger partial charge on any atom is -0.348 e. The first-order valence-electron chi connectivity index (χ1n) is 7.95. The highest BCUT2D eigenvalue weighted by molar-refractivity contribution is 7.12. The molecule has 1 atom stereocenters. The van der Waals surface area contributed by atoms with Crippen molar-refractivity contribution >= 4 is 17.2 Å². The maximum atomic E-state index is 13.1. The molecule has 0 aliphatic rings. The van der Waals surface area contributed by atoms with Crippen LogP contribution in [-0.4, -0.2) is 15.9 Å². The first-order valence-corrected chi connectivity index (χ1v) is 8.77. The van der Waals surface area contributed by atoms with Crippen molar-refractivity contribution in [3.63, 3.8) is 0 Å². The Hall–Kier alpha value is -2.60. The summed E-state index contributed by atoms with van der Waals surface area (Å²) in [6, 6.07) is 11.6. The van der Waals surface area contributed by atoms with Crippen LogP contribution in [0.5, 0.6) is 0 Å². The van der Waals surface area contributed by atoms with Gasteiger partial charge in [0, 0.05) is 16.6 Å². The molecular weight excluding hydrogens is 337 g/mol. The first-order chi connectivity index (χ1) is 12.0. The third-order valence-corrected chi connectivity index (χ3v) is 4.72. The zero-order valence-corrected chi connectivity index (χ0v) is 14.8. The van der Waals surface area contributed by atoms with Gasteiger partial charge in [0.25, 0.3) is 0 Å². The summed E-state index contributed by atoms with van der Waals surface area (Å²) in [5.41, 5.74) is 2.37. The van der Waals surface area contributed by atoms with Crippen LogP contribution in [0.15, 0.2) is 48.7 Å². The number of rotatable bonds is 5. The minimum absolute atomic E-state index is 0.0924. The molecule has 0 unspecified atom stereocenters. The van der Waals surface area contributed by atoms with E-state index in [1.165, 1.54) is 23.5 Å². The number of thiazole rings is 1. The molecule has 1 amide bonds. The molecule has 3 rings (SSSR count). The number of benzene rings is 1. The molecule has 2 aromatic heterocycles. The minimum atomic E-state index is -0.292. The third kappa shape index (κ3) is 4.28. The summed E-state index contributed by atoms with van der Waals surface area (Å²) in [7, 11) is 0. The second-order valence-corrected chi connectivity index (χ2v) is 7.02. The zero-order chi connectivity index (χ0) is 17.8. The predicted molar refractivity (Wildman–Crippen MR) is 96.7 cm³/mol. The highest BCUT2D eigenvalue weighted by atomic mass is 32.1. The molecule has 1 aromatic carbocycles. The van der Waals surface area contributed by atoms with E-state index in [1.807, 2.05) is 32.0 Å². The van der Waals surface area contributed by atoms with Crippen LogP contribution >= 0.6 is 11.3 Å². The Morgan fingerprint density at radius 3 is 2.68 bits per heavy atom. The number of aromatic nitrogens is 2. The van der Waals surface area contributed by atoms with E-state index in [2.05, 4.69) is 15.3 Å². The molecule has 0 bridgehead atoms. The molecule has 25 heavy (non-hydrogen) atoms. The molecule has 0 spiro atoms. The number of amides is 1. The maximum Gasteiger partial charge on any atom is 0.225 e. The highest BCUT2D eigenvalue weighted by Crippen LogP contribution is 2.28. The standard InChI is InChI=1S/C19H18FN3OS/c1-12(16-5-3-4-10-21-16)22-18(24)11-17-19(23-13(2)25-17)14-6-8-15(20)9-7-14/h3-10,12H,11H2,1-2H3,(H,22,24)/t12-/m1/s1. The van der Waals surface area contributed by atoms with Gasteiger partial charge < -0.3 is 5.32 Å². The Labute approximate surface area is 149 Å². The lowest BCUT2D eigenvalue weighted by Crippen LogP contribution is -2.28. The quantitative estimate of drug-likeness (QED) is 0.750. The topological polar surface area (TPSA) is 54.9 Å². The van der Waals surface area contributed by atoms with Gasteiger partial charge in [-0.05, 0) is 50.2 Å². The van der Waals surface area contributed by atoms with Crippen molar-refractivity contribution < 1.29 is 9.18 Å². The van der Waals surface area contributed by atoms with Gasteiger partial charge in [-0.25, -0.2) is 9.37 Å². The molecule has 0 saturated carbocycles. The number of aryl methyl sites for hydroxylation is 1. The van der Waals surface area contributed by atoms with Gasteiger partial charge in [0.15, 0.2) is 0 Å². The van der Waals surface area contributed by atoms with Gasteiger partial charge in [0.1, 0.15) is 5.82 Å². The van der Waals surface area contributed by atoms with Gasteiger partial charge in [0.05, 0.1) is 28.9 Å². The van der Waals surface area contributed by atoms with E-state index in [4.69, 9.17) is 0 Å². The van der Waals surface area contributed by atoms with Crippen molar-refractivity contribution in [1.29, 1.82) is 0 Å². The van der Waals surface area contributed by atoms with Gasteiger partial charge in [0.2, 0.25) is 5.91 Å². The average Bonchev–Trinajstić information content (AvgIpc) is 2.96. The fraction of sp³-hybridized carbons (Fsp3) is 0.211. The van der Waals surface area contributed by atoms with Gasteiger partial charge in [-0.1, -0.05) is 6.07 Å². The molecule has 0 aliphatic carbocycles. The lowest BCUT2D eigenvalue weighted by atomic mass is 10.1. The van der Waals surface area contributed by atoms with E-state index in [-0.39, 0.29) is 24.2 Å². The molecule has 0 aliphatic heterocycles. The van der Waals surface area contributed by atoms with E-state index in [0.29, 0.717) is 0 Å². The molecule has 3 aromatic rings. The second-order valence-electron chi connectivity index (χ2n) is 5.73. The molecule has 0 saturated heterocycles. The summed E-state index contributed by atoms with van der Waals surface area (Å²) in [4.78, 5) is 22.1. The van der Waals surface area contributed by atoms with Crippen molar-refractivity contribution in [1.82, 2.24) is 15.3 Å². The fourth-order valence-electron chi connectivity index (χ4n) is 2.57. The number of hydrogen-bond donors (Lipinski definition) is 1.